The van der Waals surface area contributed by atoms with Crippen molar-refractivity contribution < 1.29 is 17.6 Å². The molecule has 164 valence electrons. The molecule has 0 aliphatic rings. The quantitative estimate of drug-likeness (QED) is 0.512. The minimum absolute atomic E-state index is 0.0310. The number of hydrogen-bond acceptors (Lipinski definition) is 4. The molecule has 0 unspecified atom stereocenters. The molecule has 0 aromatic heterocycles. The fourth-order valence-electron chi connectivity index (χ4n) is 2.87. The summed E-state index contributed by atoms with van der Waals surface area (Å²) in [5.41, 5.74) is 0.583. The molecule has 32 heavy (non-hydrogen) atoms. The minimum Gasteiger partial charge on any atom is -0.325 e. The van der Waals surface area contributed by atoms with Crippen molar-refractivity contribution in [3.8, 4) is 6.07 Å². The summed E-state index contributed by atoms with van der Waals surface area (Å²) in [6, 6.07) is 17.5. The molecule has 0 fully saturated rings. The first-order valence-corrected chi connectivity index (χ1v) is 11.4. The minimum atomic E-state index is -4.21. The SMILES string of the molecule is N#Cc1cccc(NC(=O)CN(Cc2c(F)cccc2Cl)S(=O)(=O)c2ccc(Cl)cc2)c1. The number of benzene rings is 3. The molecule has 0 saturated heterocycles. The van der Waals surface area contributed by atoms with E-state index in [-0.39, 0.29) is 15.5 Å². The van der Waals surface area contributed by atoms with Crippen LogP contribution in [0.15, 0.2) is 71.6 Å². The third kappa shape index (κ3) is 5.64. The number of halogens is 3. The Balaban J connectivity index is 1.93. The van der Waals surface area contributed by atoms with Gasteiger partial charge in [0.25, 0.3) is 0 Å². The average Bonchev–Trinajstić information content (AvgIpc) is 2.76. The fraction of sp³-hybridized carbons (Fsp3) is 0.0909. The fourth-order valence-corrected chi connectivity index (χ4v) is 4.58. The van der Waals surface area contributed by atoms with E-state index < -0.39 is 34.8 Å². The second-order valence-electron chi connectivity index (χ2n) is 6.67. The van der Waals surface area contributed by atoms with Gasteiger partial charge in [0.05, 0.1) is 23.1 Å². The van der Waals surface area contributed by atoms with Crippen LogP contribution >= 0.6 is 23.2 Å². The van der Waals surface area contributed by atoms with E-state index in [1.54, 1.807) is 18.2 Å². The van der Waals surface area contributed by atoms with Gasteiger partial charge in [-0.1, -0.05) is 35.3 Å². The van der Waals surface area contributed by atoms with Crippen molar-refractivity contribution in [2.75, 3.05) is 11.9 Å². The third-order valence-electron chi connectivity index (χ3n) is 4.44. The van der Waals surface area contributed by atoms with Gasteiger partial charge in [0.2, 0.25) is 15.9 Å². The van der Waals surface area contributed by atoms with Gasteiger partial charge in [-0.15, -0.1) is 0 Å². The Morgan fingerprint density at radius 3 is 2.41 bits per heavy atom. The smallest absolute Gasteiger partial charge is 0.243 e. The molecular formula is C22H16Cl2FN3O3S. The largest absolute Gasteiger partial charge is 0.325 e. The normalized spacial score (nSPS) is 11.2. The van der Waals surface area contributed by atoms with E-state index in [0.717, 1.165) is 10.4 Å². The van der Waals surface area contributed by atoms with Crippen molar-refractivity contribution >= 4 is 44.8 Å². The lowest BCUT2D eigenvalue weighted by molar-refractivity contribution is -0.116. The molecule has 0 saturated carbocycles. The summed E-state index contributed by atoms with van der Waals surface area (Å²) in [5.74, 6) is -1.37. The Bertz CT molecular complexity index is 1270. The summed E-state index contributed by atoms with van der Waals surface area (Å²) < 4.78 is 41.7. The first-order chi connectivity index (χ1) is 15.2. The Hall–Kier alpha value is -2.96. The summed E-state index contributed by atoms with van der Waals surface area (Å²) in [6.07, 6.45) is 0. The predicted octanol–water partition coefficient (Wildman–Crippen LogP) is 4.83. The maximum absolute atomic E-state index is 14.4. The van der Waals surface area contributed by atoms with Crippen molar-refractivity contribution in [1.29, 1.82) is 5.26 Å². The first kappa shape index (κ1) is 23.7. The second kappa shape index (κ2) is 10.1. The van der Waals surface area contributed by atoms with Crippen molar-refractivity contribution in [3.05, 3.63) is 93.7 Å². The highest BCUT2D eigenvalue weighted by Gasteiger charge is 2.28. The number of rotatable bonds is 7. The Morgan fingerprint density at radius 1 is 1.06 bits per heavy atom. The van der Waals surface area contributed by atoms with Crippen LogP contribution in [0.2, 0.25) is 10.0 Å². The van der Waals surface area contributed by atoms with Gasteiger partial charge >= 0.3 is 0 Å². The van der Waals surface area contributed by atoms with Gasteiger partial charge < -0.3 is 5.32 Å². The summed E-state index contributed by atoms with van der Waals surface area (Å²) in [5, 5.41) is 11.9. The molecule has 3 aromatic carbocycles. The predicted molar refractivity (Wildman–Crippen MR) is 120 cm³/mol. The summed E-state index contributed by atoms with van der Waals surface area (Å²) >= 11 is 11.9. The van der Waals surface area contributed by atoms with Gasteiger partial charge in [-0.25, -0.2) is 12.8 Å². The van der Waals surface area contributed by atoms with Crippen LogP contribution in [0.4, 0.5) is 10.1 Å². The summed E-state index contributed by atoms with van der Waals surface area (Å²) in [7, 11) is -4.21. The summed E-state index contributed by atoms with van der Waals surface area (Å²) in [4.78, 5) is 12.5. The van der Waals surface area contributed by atoms with E-state index in [1.807, 2.05) is 6.07 Å². The van der Waals surface area contributed by atoms with Gasteiger partial charge in [0.15, 0.2) is 0 Å². The number of nitrogens with one attached hydrogen (secondary N) is 1. The average molecular weight is 492 g/mol. The lowest BCUT2D eigenvalue weighted by Crippen LogP contribution is -2.37. The van der Waals surface area contributed by atoms with Crippen LogP contribution in [0.5, 0.6) is 0 Å². The van der Waals surface area contributed by atoms with Gasteiger partial charge in [0.1, 0.15) is 5.82 Å². The van der Waals surface area contributed by atoms with E-state index in [1.165, 1.54) is 42.5 Å². The van der Waals surface area contributed by atoms with Crippen LogP contribution in [0.3, 0.4) is 0 Å². The van der Waals surface area contributed by atoms with Crippen LogP contribution < -0.4 is 5.32 Å². The molecule has 10 heteroatoms. The second-order valence-corrected chi connectivity index (χ2v) is 9.45. The number of sulfonamides is 1. The molecule has 0 aliphatic carbocycles. The number of hydrogen-bond donors (Lipinski definition) is 1. The molecule has 0 radical (unpaired) electrons. The van der Waals surface area contributed by atoms with E-state index in [0.29, 0.717) is 16.3 Å². The molecule has 0 bridgehead atoms. The van der Waals surface area contributed by atoms with Gasteiger partial charge in [-0.2, -0.15) is 9.57 Å². The lowest BCUT2D eigenvalue weighted by atomic mass is 10.2. The number of carbonyl (C=O) groups is 1. The molecular weight excluding hydrogens is 476 g/mol. The Morgan fingerprint density at radius 2 is 1.75 bits per heavy atom. The van der Waals surface area contributed by atoms with Crippen LogP contribution in [0, 0.1) is 17.1 Å². The van der Waals surface area contributed by atoms with Crippen LogP contribution in [0.25, 0.3) is 0 Å². The van der Waals surface area contributed by atoms with Crippen molar-refractivity contribution in [2.45, 2.75) is 11.4 Å². The third-order valence-corrected chi connectivity index (χ3v) is 6.85. The molecule has 3 rings (SSSR count). The highest BCUT2D eigenvalue weighted by molar-refractivity contribution is 7.89. The molecule has 1 amide bonds. The molecule has 0 heterocycles. The van der Waals surface area contributed by atoms with Crippen molar-refractivity contribution in [2.24, 2.45) is 0 Å². The van der Waals surface area contributed by atoms with E-state index in [9.17, 15) is 17.6 Å². The van der Waals surface area contributed by atoms with Crippen LogP contribution in [-0.4, -0.2) is 25.2 Å². The Kier molecular flexibility index (Phi) is 7.48. The highest BCUT2D eigenvalue weighted by atomic mass is 35.5. The van der Waals surface area contributed by atoms with Gasteiger partial charge in [-0.05, 0) is 54.6 Å². The maximum atomic E-state index is 14.4. The number of amides is 1. The first-order valence-electron chi connectivity index (χ1n) is 9.19. The van der Waals surface area contributed by atoms with Crippen molar-refractivity contribution in [3.63, 3.8) is 0 Å². The van der Waals surface area contributed by atoms with Crippen LogP contribution in [-0.2, 0) is 21.4 Å². The Labute approximate surface area is 194 Å². The van der Waals surface area contributed by atoms with Crippen molar-refractivity contribution in [1.82, 2.24) is 4.31 Å². The van der Waals surface area contributed by atoms with Gasteiger partial charge in [-0.3, -0.25) is 4.79 Å². The molecule has 3 aromatic rings. The number of nitrogens with zero attached hydrogens (tertiary/aromatic N) is 2. The van der Waals surface area contributed by atoms with Crippen LogP contribution in [0.1, 0.15) is 11.1 Å². The maximum Gasteiger partial charge on any atom is 0.243 e. The zero-order valence-electron chi connectivity index (χ0n) is 16.4. The number of anilines is 1. The monoisotopic (exact) mass is 491 g/mol. The standard InChI is InChI=1S/C22H16Cl2FN3O3S/c23-16-7-9-18(10-8-16)32(30,31)28(13-19-20(24)5-2-6-21(19)25)14-22(29)27-17-4-1-3-15(11-17)12-26/h1-11H,13-14H2,(H,27,29). The van der Waals surface area contributed by atoms with E-state index in [4.69, 9.17) is 28.5 Å². The van der Waals surface area contributed by atoms with E-state index in [2.05, 4.69) is 5.32 Å². The number of carbonyl (C=O) groups excluding carboxylic acids is 1. The molecule has 0 atom stereocenters. The van der Waals surface area contributed by atoms with E-state index >= 15 is 0 Å². The summed E-state index contributed by atoms with van der Waals surface area (Å²) in [6.45, 7) is -1.09. The molecule has 1 N–H and O–H groups in total. The molecule has 0 spiro atoms. The topological polar surface area (TPSA) is 90.3 Å². The molecule has 6 nitrogen and oxygen atoms in total. The molecule has 0 aliphatic heterocycles. The van der Waals surface area contributed by atoms with Gasteiger partial charge in [0, 0.05) is 27.8 Å². The lowest BCUT2D eigenvalue weighted by Gasteiger charge is -2.23. The number of nitriles is 1. The highest BCUT2D eigenvalue weighted by Crippen LogP contribution is 2.25. The zero-order valence-corrected chi connectivity index (χ0v) is 18.8. The zero-order chi connectivity index (χ0) is 23.3.